The van der Waals surface area contributed by atoms with Gasteiger partial charge in [-0.1, -0.05) is 170 Å². The lowest BCUT2D eigenvalue weighted by Gasteiger charge is -2.40. The van der Waals surface area contributed by atoms with E-state index in [4.69, 9.17) is 9.47 Å². The minimum atomic E-state index is -1.57. The van der Waals surface area contributed by atoms with Crippen LogP contribution in [0.4, 0.5) is 0 Å². The number of aliphatic hydroxyl groups excluding tert-OH is 5. The number of allylic oxidation sites excluding steroid dienone is 13. The summed E-state index contributed by atoms with van der Waals surface area (Å²) in [5, 5.41) is 53.4. The summed E-state index contributed by atoms with van der Waals surface area (Å²) in [6.07, 6.45) is 45.9. The smallest absolute Gasteiger partial charge is 0.220 e. The minimum absolute atomic E-state index is 0.197. The highest BCUT2D eigenvalue weighted by Gasteiger charge is 2.44. The summed E-state index contributed by atoms with van der Waals surface area (Å²) in [5.41, 5.74) is 0. The van der Waals surface area contributed by atoms with Crippen molar-refractivity contribution in [1.82, 2.24) is 5.32 Å². The van der Waals surface area contributed by atoms with Crippen LogP contribution in [0.2, 0.25) is 0 Å². The van der Waals surface area contributed by atoms with Crippen LogP contribution in [-0.4, -0.2) is 87.5 Å². The van der Waals surface area contributed by atoms with Crippen molar-refractivity contribution in [3.8, 4) is 0 Å². The van der Waals surface area contributed by atoms with Crippen molar-refractivity contribution in [2.75, 3.05) is 13.2 Å². The van der Waals surface area contributed by atoms with Crippen LogP contribution in [0.25, 0.3) is 0 Å². The third kappa shape index (κ3) is 28.4. The Morgan fingerprint density at radius 2 is 1.09 bits per heavy atom. The molecule has 1 aliphatic heterocycles. The van der Waals surface area contributed by atoms with Gasteiger partial charge in [-0.25, -0.2) is 0 Å². The summed E-state index contributed by atoms with van der Waals surface area (Å²) in [6.45, 7) is 3.42. The van der Waals surface area contributed by atoms with Crippen LogP contribution >= 0.6 is 0 Å². The first-order valence-corrected chi connectivity index (χ1v) is 22.3. The molecular weight excluding hydrogens is 719 g/mol. The molecule has 7 unspecified atom stereocenters. The Morgan fingerprint density at radius 1 is 0.614 bits per heavy atom. The molecular formula is C48H81NO8. The van der Waals surface area contributed by atoms with Crippen LogP contribution < -0.4 is 5.32 Å². The molecule has 0 aromatic heterocycles. The van der Waals surface area contributed by atoms with Gasteiger partial charge >= 0.3 is 0 Å². The average molecular weight is 800 g/mol. The number of unbranched alkanes of at least 4 members (excludes halogenated alkanes) is 13. The molecule has 1 amide bonds. The van der Waals surface area contributed by atoms with Gasteiger partial charge in [0.05, 0.1) is 25.4 Å². The van der Waals surface area contributed by atoms with E-state index in [2.05, 4.69) is 85.2 Å². The molecule has 0 aromatic rings. The number of carbonyl (C=O) groups excluding carboxylic acids is 1. The number of rotatable bonds is 35. The van der Waals surface area contributed by atoms with Crippen LogP contribution in [0.15, 0.2) is 85.1 Å². The maximum Gasteiger partial charge on any atom is 0.220 e. The Hall–Kier alpha value is -2.63. The van der Waals surface area contributed by atoms with Gasteiger partial charge in [-0.15, -0.1) is 0 Å². The molecule has 0 bridgehead atoms. The molecule has 0 radical (unpaired) electrons. The second kappa shape index (κ2) is 37.6. The Morgan fingerprint density at radius 3 is 1.58 bits per heavy atom. The van der Waals surface area contributed by atoms with Crippen molar-refractivity contribution < 1.29 is 39.8 Å². The first-order valence-electron chi connectivity index (χ1n) is 22.3. The van der Waals surface area contributed by atoms with Crippen LogP contribution in [0.5, 0.6) is 0 Å². The van der Waals surface area contributed by atoms with Gasteiger partial charge in [0.15, 0.2) is 6.29 Å². The van der Waals surface area contributed by atoms with Crippen molar-refractivity contribution >= 4 is 5.91 Å². The first-order chi connectivity index (χ1) is 27.8. The lowest BCUT2D eigenvalue weighted by molar-refractivity contribution is -0.302. The fourth-order valence-electron chi connectivity index (χ4n) is 6.40. The van der Waals surface area contributed by atoms with Crippen LogP contribution in [-0.2, 0) is 14.3 Å². The summed E-state index contributed by atoms with van der Waals surface area (Å²) < 4.78 is 11.0. The van der Waals surface area contributed by atoms with Gasteiger partial charge in [0.25, 0.3) is 0 Å². The molecule has 1 rings (SSSR count). The van der Waals surface area contributed by atoms with Gasteiger partial charge in [0.2, 0.25) is 5.91 Å². The van der Waals surface area contributed by atoms with Gasteiger partial charge in [0, 0.05) is 6.42 Å². The van der Waals surface area contributed by atoms with E-state index in [1.54, 1.807) is 6.08 Å². The standard InChI is InChI=1S/C48H81NO8/c1-3-5-7-8-9-10-11-12-13-14-15-16-17-18-19-20-21-22-23-24-25-26-27-28-29-30-31-32-33-34-36-38-44(52)49-41(42(51)37-35-6-4-2)40-56-48-47(55)46(54)45(53)43(39-50)57-48/h5,7,9-10,12-13,15-16,18-19,21-22,35,37,41-43,45-48,50-51,53-55H,3-4,6,8,11,14,17,20,23-34,36,38-40H2,1-2H3,(H,49,52)/b7-5-,10-9-,13-12-,16-15-,19-18-,22-21-,37-35+. The zero-order valence-corrected chi connectivity index (χ0v) is 35.6. The normalized spacial score (nSPS) is 21.8. The highest BCUT2D eigenvalue weighted by molar-refractivity contribution is 5.76. The van der Waals surface area contributed by atoms with Gasteiger partial charge in [0.1, 0.15) is 24.4 Å². The molecule has 1 fully saturated rings. The average Bonchev–Trinajstić information content (AvgIpc) is 3.21. The van der Waals surface area contributed by atoms with Gasteiger partial charge in [-0.05, 0) is 64.2 Å². The second-order valence-electron chi connectivity index (χ2n) is 15.1. The van der Waals surface area contributed by atoms with E-state index >= 15 is 0 Å². The van der Waals surface area contributed by atoms with Crippen LogP contribution in [0.3, 0.4) is 0 Å². The maximum absolute atomic E-state index is 12.8. The maximum atomic E-state index is 12.8. The topological polar surface area (TPSA) is 149 Å². The second-order valence-corrected chi connectivity index (χ2v) is 15.1. The molecule has 9 heteroatoms. The van der Waals surface area contributed by atoms with Crippen molar-refractivity contribution in [2.45, 2.75) is 198 Å². The van der Waals surface area contributed by atoms with E-state index in [1.165, 1.54) is 64.2 Å². The van der Waals surface area contributed by atoms with Gasteiger partial charge in [-0.3, -0.25) is 4.79 Å². The number of hydrogen-bond donors (Lipinski definition) is 6. The Kier molecular flexibility index (Phi) is 34.6. The Bertz CT molecular complexity index is 1160. The number of amides is 1. The SMILES string of the molecule is CC/C=C\C/C=C\C/C=C\C/C=C\C/C=C\C/C=C\CCCCCCCCCCCCCCC(=O)NC(COC1OC(CO)C(O)C(O)C1O)C(O)/C=C/CCC. The molecule has 0 saturated carbocycles. The summed E-state index contributed by atoms with van der Waals surface area (Å²) in [4.78, 5) is 12.8. The van der Waals surface area contributed by atoms with Gasteiger partial charge < -0.3 is 40.3 Å². The third-order valence-corrected chi connectivity index (χ3v) is 9.96. The van der Waals surface area contributed by atoms with E-state index in [0.29, 0.717) is 6.42 Å². The molecule has 0 aromatic carbocycles. The zero-order valence-electron chi connectivity index (χ0n) is 35.6. The fraction of sp³-hybridized carbons (Fsp3) is 0.688. The molecule has 6 N–H and O–H groups in total. The zero-order chi connectivity index (χ0) is 41.6. The van der Waals surface area contributed by atoms with E-state index in [0.717, 1.165) is 70.6 Å². The summed E-state index contributed by atoms with van der Waals surface area (Å²) in [5.74, 6) is -0.197. The number of nitrogens with one attached hydrogen (secondary N) is 1. The Labute approximate surface area is 346 Å². The van der Waals surface area contributed by atoms with Crippen LogP contribution in [0.1, 0.15) is 155 Å². The van der Waals surface area contributed by atoms with Crippen molar-refractivity contribution in [1.29, 1.82) is 0 Å². The first kappa shape index (κ1) is 52.4. The van der Waals surface area contributed by atoms with Crippen molar-refractivity contribution in [2.24, 2.45) is 0 Å². The highest BCUT2D eigenvalue weighted by Crippen LogP contribution is 2.22. The van der Waals surface area contributed by atoms with E-state index in [-0.39, 0.29) is 12.5 Å². The quantitative estimate of drug-likeness (QED) is 0.0275. The molecule has 9 nitrogen and oxygen atoms in total. The van der Waals surface area contributed by atoms with Crippen LogP contribution in [0, 0.1) is 0 Å². The Balaban J connectivity index is 2.05. The number of ether oxygens (including phenoxy) is 2. The lowest BCUT2D eigenvalue weighted by atomic mass is 9.99. The molecule has 0 spiro atoms. The summed E-state index contributed by atoms with van der Waals surface area (Å²) in [6, 6.07) is -0.805. The molecule has 1 aliphatic rings. The minimum Gasteiger partial charge on any atom is -0.394 e. The molecule has 0 aliphatic carbocycles. The number of carbonyl (C=O) groups is 1. The largest absolute Gasteiger partial charge is 0.394 e. The molecule has 7 atom stereocenters. The molecule has 326 valence electrons. The monoisotopic (exact) mass is 800 g/mol. The number of hydrogen-bond acceptors (Lipinski definition) is 8. The molecule has 1 saturated heterocycles. The lowest BCUT2D eigenvalue weighted by Crippen LogP contribution is -2.60. The predicted molar refractivity (Wildman–Crippen MR) is 235 cm³/mol. The van der Waals surface area contributed by atoms with Crippen molar-refractivity contribution in [3.05, 3.63) is 85.1 Å². The third-order valence-electron chi connectivity index (χ3n) is 9.96. The van der Waals surface area contributed by atoms with Crippen molar-refractivity contribution in [3.63, 3.8) is 0 Å². The van der Waals surface area contributed by atoms with E-state index < -0.39 is 49.5 Å². The fourth-order valence-corrected chi connectivity index (χ4v) is 6.40. The van der Waals surface area contributed by atoms with E-state index in [9.17, 15) is 30.3 Å². The molecule has 1 heterocycles. The van der Waals surface area contributed by atoms with E-state index in [1.807, 2.05) is 13.0 Å². The predicted octanol–water partition coefficient (Wildman–Crippen LogP) is 9.16. The molecule has 57 heavy (non-hydrogen) atoms. The summed E-state index contributed by atoms with van der Waals surface area (Å²) >= 11 is 0. The summed E-state index contributed by atoms with van der Waals surface area (Å²) in [7, 11) is 0. The number of aliphatic hydroxyl groups is 5. The van der Waals surface area contributed by atoms with Gasteiger partial charge in [-0.2, -0.15) is 0 Å². The highest BCUT2D eigenvalue weighted by atomic mass is 16.7.